The van der Waals surface area contributed by atoms with E-state index in [2.05, 4.69) is 17.1 Å². The molecule has 0 N–H and O–H groups in total. The molecule has 2 aromatic rings. The zero-order valence-corrected chi connectivity index (χ0v) is 10.9. The number of esters is 1. The van der Waals surface area contributed by atoms with Gasteiger partial charge in [-0.3, -0.25) is 0 Å². The largest absolute Gasteiger partial charge is 0.461 e. The number of fused-ring (bicyclic) bond motifs is 3. The van der Waals surface area contributed by atoms with Crippen LogP contribution in [0.25, 0.3) is 5.69 Å². The minimum absolute atomic E-state index is 0.323. The van der Waals surface area contributed by atoms with Crippen molar-refractivity contribution in [2.24, 2.45) is 0 Å². The highest BCUT2D eigenvalue weighted by molar-refractivity contribution is 5.88. The molecule has 0 bridgehead atoms. The third-order valence-electron chi connectivity index (χ3n) is 3.45. The zero-order valence-electron chi connectivity index (χ0n) is 10.9. The highest BCUT2D eigenvalue weighted by Crippen LogP contribution is 2.25. The van der Waals surface area contributed by atoms with E-state index in [1.54, 1.807) is 6.33 Å². The topological polar surface area (TPSA) is 44.1 Å². The van der Waals surface area contributed by atoms with Crippen LogP contribution in [0.5, 0.6) is 0 Å². The Morgan fingerprint density at radius 3 is 3.05 bits per heavy atom. The molecule has 4 nitrogen and oxygen atoms in total. The number of carbonyl (C=O) groups excluding carboxylic acids is 1. The molecule has 0 radical (unpaired) electrons. The number of aryl methyl sites for hydroxylation is 1. The summed E-state index contributed by atoms with van der Waals surface area (Å²) < 4.78 is 7.09. The van der Waals surface area contributed by atoms with Gasteiger partial charge in [-0.2, -0.15) is 0 Å². The van der Waals surface area contributed by atoms with Crippen molar-refractivity contribution in [2.75, 3.05) is 6.61 Å². The van der Waals surface area contributed by atoms with Crippen molar-refractivity contribution in [1.29, 1.82) is 0 Å². The lowest BCUT2D eigenvalue weighted by Gasteiger charge is -2.08. The molecule has 4 heteroatoms. The summed E-state index contributed by atoms with van der Waals surface area (Å²) in [6.45, 7) is 2.18. The standard InChI is InChI=1S/C15H16N2O2/c1-2-19-15(18)14-13-9-5-7-11-6-3-4-8-12(11)17(13)10-16-14/h3-4,6,8,10H,2,5,7,9H2,1H3. The molecule has 0 amide bonds. The number of para-hydroxylation sites is 1. The van der Waals surface area contributed by atoms with E-state index in [9.17, 15) is 4.79 Å². The number of hydrogen-bond acceptors (Lipinski definition) is 3. The predicted octanol–water partition coefficient (Wildman–Crippen LogP) is 2.54. The molecule has 3 rings (SSSR count). The van der Waals surface area contributed by atoms with Crippen LogP contribution < -0.4 is 0 Å². The highest BCUT2D eigenvalue weighted by atomic mass is 16.5. The van der Waals surface area contributed by atoms with Gasteiger partial charge in [0.2, 0.25) is 0 Å². The maximum Gasteiger partial charge on any atom is 0.358 e. The van der Waals surface area contributed by atoms with E-state index in [4.69, 9.17) is 4.74 Å². The van der Waals surface area contributed by atoms with Crippen molar-refractivity contribution in [3.8, 4) is 5.69 Å². The minimum atomic E-state index is -0.323. The summed E-state index contributed by atoms with van der Waals surface area (Å²) in [5.74, 6) is -0.323. The summed E-state index contributed by atoms with van der Waals surface area (Å²) in [7, 11) is 0. The number of aromatic nitrogens is 2. The van der Waals surface area contributed by atoms with Gasteiger partial charge >= 0.3 is 5.97 Å². The quantitative estimate of drug-likeness (QED) is 0.776. The Kier molecular flexibility index (Phi) is 3.07. The third-order valence-corrected chi connectivity index (χ3v) is 3.45. The average Bonchev–Trinajstić information content (AvgIpc) is 2.75. The maximum absolute atomic E-state index is 11.9. The van der Waals surface area contributed by atoms with Crippen molar-refractivity contribution in [2.45, 2.75) is 26.2 Å². The molecule has 1 aliphatic heterocycles. The van der Waals surface area contributed by atoms with Crippen molar-refractivity contribution in [3.63, 3.8) is 0 Å². The molecule has 1 aromatic carbocycles. The fraction of sp³-hybridized carbons (Fsp3) is 0.333. The van der Waals surface area contributed by atoms with Crippen LogP contribution in [-0.4, -0.2) is 22.1 Å². The fourth-order valence-corrected chi connectivity index (χ4v) is 2.59. The number of benzene rings is 1. The Hall–Kier alpha value is -2.10. The summed E-state index contributed by atoms with van der Waals surface area (Å²) in [5.41, 5.74) is 3.84. The number of carbonyl (C=O) groups is 1. The molecule has 98 valence electrons. The van der Waals surface area contributed by atoms with Gasteiger partial charge in [0.1, 0.15) is 6.33 Å². The molecule has 0 fully saturated rings. The molecule has 19 heavy (non-hydrogen) atoms. The van der Waals surface area contributed by atoms with Gasteiger partial charge in [-0.25, -0.2) is 9.78 Å². The van der Waals surface area contributed by atoms with E-state index in [1.165, 1.54) is 5.56 Å². The summed E-state index contributed by atoms with van der Waals surface area (Å²) in [4.78, 5) is 16.1. The molecule has 0 aliphatic carbocycles. The summed E-state index contributed by atoms with van der Waals surface area (Å²) in [6.07, 6.45) is 4.63. The number of ether oxygens (including phenoxy) is 1. The molecule has 2 heterocycles. The smallest absolute Gasteiger partial charge is 0.358 e. The van der Waals surface area contributed by atoms with Crippen molar-refractivity contribution >= 4 is 5.97 Å². The second-order valence-electron chi connectivity index (χ2n) is 4.61. The van der Waals surface area contributed by atoms with Crippen molar-refractivity contribution < 1.29 is 9.53 Å². The van der Waals surface area contributed by atoms with Crippen LogP contribution in [-0.2, 0) is 17.6 Å². The van der Waals surface area contributed by atoms with E-state index < -0.39 is 0 Å². The fourth-order valence-electron chi connectivity index (χ4n) is 2.59. The van der Waals surface area contributed by atoms with Gasteiger partial charge in [0.15, 0.2) is 5.69 Å². The third kappa shape index (κ3) is 2.03. The lowest BCUT2D eigenvalue weighted by Crippen LogP contribution is -2.09. The van der Waals surface area contributed by atoms with E-state index in [-0.39, 0.29) is 5.97 Å². The minimum Gasteiger partial charge on any atom is -0.461 e. The number of nitrogens with zero attached hydrogens (tertiary/aromatic N) is 2. The van der Waals surface area contributed by atoms with E-state index in [0.717, 1.165) is 30.6 Å². The van der Waals surface area contributed by atoms with E-state index >= 15 is 0 Å². The second-order valence-corrected chi connectivity index (χ2v) is 4.61. The van der Waals surface area contributed by atoms with Gasteiger partial charge < -0.3 is 9.30 Å². The van der Waals surface area contributed by atoms with Gasteiger partial charge in [-0.15, -0.1) is 0 Å². The Morgan fingerprint density at radius 2 is 2.21 bits per heavy atom. The molecule has 0 saturated heterocycles. The normalized spacial score (nSPS) is 13.3. The van der Waals surface area contributed by atoms with Gasteiger partial charge in [0.25, 0.3) is 0 Å². The van der Waals surface area contributed by atoms with Crippen molar-refractivity contribution in [3.05, 3.63) is 47.5 Å². The first-order chi connectivity index (χ1) is 9.31. The van der Waals surface area contributed by atoms with Crippen LogP contribution in [0.1, 0.15) is 35.1 Å². The summed E-state index contributed by atoms with van der Waals surface area (Å²) in [6, 6.07) is 8.26. The molecular weight excluding hydrogens is 240 g/mol. The molecule has 0 saturated carbocycles. The van der Waals surface area contributed by atoms with Gasteiger partial charge in [0.05, 0.1) is 12.3 Å². The highest BCUT2D eigenvalue weighted by Gasteiger charge is 2.22. The first-order valence-electron chi connectivity index (χ1n) is 6.63. The maximum atomic E-state index is 11.9. The van der Waals surface area contributed by atoms with E-state index in [1.807, 2.05) is 23.6 Å². The average molecular weight is 256 g/mol. The Bertz CT molecular complexity index is 616. The first-order valence-corrected chi connectivity index (χ1v) is 6.63. The lowest BCUT2D eigenvalue weighted by molar-refractivity contribution is 0.0518. The SMILES string of the molecule is CCOC(=O)c1ncn2c1CCCc1ccccc1-2. The van der Waals surface area contributed by atoms with Crippen LogP contribution in [0.2, 0.25) is 0 Å². The van der Waals surface area contributed by atoms with Crippen LogP contribution in [0, 0.1) is 0 Å². The Balaban J connectivity index is 2.09. The molecule has 0 spiro atoms. The van der Waals surface area contributed by atoms with E-state index in [0.29, 0.717) is 12.3 Å². The molecule has 0 unspecified atom stereocenters. The van der Waals surface area contributed by atoms with Gasteiger partial charge in [-0.1, -0.05) is 18.2 Å². The van der Waals surface area contributed by atoms with Crippen molar-refractivity contribution in [1.82, 2.24) is 9.55 Å². The van der Waals surface area contributed by atoms with Crippen LogP contribution in [0.4, 0.5) is 0 Å². The van der Waals surface area contributed by atoms with Crippen LogP contribution >= 0.6 is 0 Å². The first kappa shape index (κ1) is 12.0. The Labute approximate surface area is 112 Å². The second kappa shape index (κ2) is 4.88. The number of hydrogen-bond donors (Lipinski definition) is 0. The number of rotatable bonds is 2. The van der Waals surface area contributed by atoms with Crippen LogP contribution in [0.15, 0.2) is 30.6 Å². The summed E-state index contributed by atoms with van der Waals surface area (Å²) >= 11 is 0. The molecule has 1 aliphatic rings. The predicted molar refractivity (Wildman–Crippen MR) is 71.5 cm³/mol. The molecule has 1 aromatic heterocycles. The van der Waals surface area contributed by atoms with Crippen LogP contribution in [0.3, 0.4) is 0 Å². The molecule has 0 atom stereocenters. The Morgan fingerprint density at radius 1 is 1.37 bits per heavy atom. The van der Waals surface area contributed by atoms with Gasteiger partial charge in [-0.05, 0) is 37.8 Å². The lowest BCUT2D eigenvalue weighted by atomic mass is 10.1. The zero-order chi connectivity index (χ0) is 13.2. The number of imidazole rings is 1. The monoisotopic (exact) mass is 256 g/mol. The summed E-state index contributed by atoms with van der Waals surface area (Å²) in [5, 5.41) is 0. The molecular formula is C15H16N2O2. The van der Waals surface area contributed by atoms with Gasteiger partial charge in [0, 0.05) is 5.69 Å².